The van der Waals surface area contributed by atoms with Gasteiger partial charge in [-0.25, -0.2) is 0 Å². The van der Waals surface area contributed by atoms with Crippen molar-refractivity contribution in [1.82, 2.24) is 10.6 Å². The summed E-state index contributed by atoms with van der Waals surface area (Å²) in [6.45, 7) is 2.19. The van der Waals surface area contributed by atoms with Crippen molar-refractivity contribution in [3.05, 3.63) is 0 Å². The van der Waals surface area contributed by atoms with Gasteiger partial charge >= 0.3 is 0 Å². The lowest BCUT2D eigenvalue weighted by molar-refractivity contribution is -0.122. The Balaban J connectivity index is 1.62. The molecular formula is C14H26N2O2. The van der Waals surface area contributed by atoms with Crippen molar-refractivity contribution < 1.29 is 9.90 Å². The average Bonchev–Trinajstić information content (AvgIpc) is 2.38. The van der Waals surface area contributed by atoms with Gasteiger partial charge in [0.1, 0.15) is 0 Å². The molecule has 2 rings (SSSR count). The third-order valence-electron chi connectivity index (χ3n) is 4.19. The molecule has 104 valence electrons. The van der Waals surface area contributed by atoms with E-state index in [0.717, 1.165) is 45.2 Å². The van der Waals surface area contributed by atoms with E-state index in [1.807, 2.05) is 0 Å². The molecule has 1 aliphatic heterocycles. The van der Waals surface area contributed by atoms with Crippen molar-refractivity contribution in [2.45, 2.75) is 63.5 Å². The summed E-state index contributed by atoms with van der Waals surface area (Å²) in [5.74, 6) is 0.834. The minimum Gasteiger partial charge on any atom is -0.393 e. The van der Waals surface area contributed by atoms with Crippen LogP contribution >= 0.6 is 0 Å². The Morgan fingerprint density at radius 1 is 1.28 bits per heavy atom. The standard InChI is InChI=1S/C14H26N2O2/c17-13-5-1-4-12(9-13)16-14(18)7-6-11-3-2-8-15-10-11/h11-13,15,17H,1-10H2,(H,16,18). The molecule has 3 N–H and O–H groups in total. The Morgan fingerprint density at radius 3 is 2.89 bits per heavy atom. The highest BCUT2D eigenvalue weighted by Crippen LogP contribution is 2.19. The molecule has 3 atom stereocenters. The minimum absolute atomic E-state index is 0.166. The molecule has 4 heteroatoms. The van der Waals surface area contributed by atoms with Crippen LogP contribution in [0.25, 0.3) is 0 Å². The third kappa shape index (κ3) is 4.58. The molecule has 4 nitrogen and oxygen atoms in total. The molecule has 0 spiro atoms. The molecular weight excluding hydrogens is 228 g/mol. The molecule has 18 heavy (non-hydrogen) atoms. The van der Waals surface area contributed by atoms with Crippen LogP contribution in [0.3, 0.4) is 0 Å². The summed E-state index contributed by atoms with van der Waals surface area (Å²) < 4.78 is 0. The van der Waals surface area contributed by atoms with Crippen LogP contribution in [0, 0.1) is 5.92 Å². The van der Waals surface area contributed by atoms with E-state index in [1.165, 1.54) is 12.8 Å². The first-order valence-corrected chi connectivity index (χ1v) is 7.42. The van der Waals surface area contributed by atoms with Gasteiger partial charge in [-0.2, -0.15) is 0 Å². The van der Waals surface area contributed by atoms with E-state index in [4.69, 9.17) is 0 Å². The lowest BCUT2D eigenvalue weighted by Gasteiger charge is -2.27. The first-order chi connectivity index (χ1) is 8.74. The van der Waals surface area contributed by atoms with Crippen LogP contribution in [0.2, 0.25) is 0 Å². The summed E-state index contributed by atoms with van der Waals surface area (Å²) in [6.07, 6.45) is 7.58. The van der Waals surface area contributed by atoms with Crippen molar-refractivity contribution in [2.24, 2.45) is 5.92 Å². The maximum atomic E-state index is 11.8. The molecule has 0 bridgehead atoms. The Bertz CT molecular complexity index is 265. The van der Waals surface area contributed by atoms with E-state index < -0.39 is 0 Å². The Kier molecular flexibility index (Phi) is 5.45. The van der Waals surface area contributed by atoms with Crippen LogP contribution in [-0.4, -0.2) is 36.2 Å². The largest absolute Gasteiger partial charge is 0.393 e. The van der Waals surface area contributed by atoms with Gasteiger partial charge in [0.15, 0.2) is 0 Å². The SMILES string of the molecule is O=C(CCC1CCCNC1)NC1CCCC(O)C1. The fraction of sp³-hybridized carbons (Fsp3) is 0.929. The van der Waals surface area contributed by atoms with Gasteiger partial charge in [0, 0.05) is 12.5 Å². The number of rotatable bonds is 4. The summed E-state index contributed by atoms with van der Waals surface area (Å²) in [7, 11) is 0. The van der Waals surface area contributed by atoms with E-state index in [1.54, 1.807) is 0 Å². The van der Waals surface area contributed by atoms with Crippen LogP contribution < -0.4 is 10.6 Å². The molecule has 2 aliphatic rings. The summed E-state index contributed by atoms with van der Waals surface area (Å²) in [4.78, 5) is 11.8. The quantitative estimate of drug-likeness (QED) is 0.706. The van der Waals surface area contributed by atoms with E-state index >= 15 is 0 Å². The van der Waals surface area contributed by atoms with E-state index in [0.29, 0.717) is 12.3 Å². The molecule has 1 heterocycles. The first kappa shape index (κ1) is 13.8. The number of nitrogens with one attached hydrogen (secondary N) is 2. The third-order valence-corrected chi connectivity index (χ3v) is 4.19. The van der Waals surface area contributed by atoms with Gasteiger partial charge in [-0.05, 0) is 64.0 Å². The van der Waals surface area contributed by atoms with Gasteiger partial charge in [0.25, 0.3) is 0 Å². The van der Waals surface area contributed by atoms with Crippen molar-refractivity contribution in [3.63, 3.8) is 0 Å². The second kappa shape index (κ2) is 7.10. The number of amides is 1. The number of carbonyl (C=O) groups excluding carboxylic acids is 1. The fourth-order valence-electron chi connectivity index (χ4n) is 3.10. The maximum absolute atomic E-state index is 11.8. The fourth-order valence-corrected chi connectivity index (χ4v) is 3.10. The van der Waals surface area contributed by atoms with Gasteiger partial charge in [-0.3, -0.25) is 4.79 Å². The molecule has 0 aromatic carbocycles. The van der Waals surface area contributed by atoms with Crippen molar-refractivity contribution in [2.75, 3.05) is 13.1 Å². The molecule has 1 amide bonds. The lowest BCUT2D eigenvalue weighted by Crippen LogP contribution is -2.40. The monoisotopic (exact) mass is 254 g/mol. The second-order valence-electron chi connectivity index (χ2n) is 5.84. The van der Waals surface area contributed by atoms with Crippen LogP contribution in [0.15, 0.2) is 0 Å². The predicted octanol–water partition coefficient (Wildman–Crippen LogP) is 1.19. The summed E-state index contributed by atoms with van der Waals surface area (Å²) >= 11 is 0. The summed E-state index contributed by atoms with van der Waals surface area (Å²) in [5, 5.41) is 16.0. The Labute approximate surface area is 110 Å². The molecule has 0 radical (unpaired) electrons. The van der Waals surface area contributed by atoms with Crippen molar-refractivity contribution >= 4 is 5.91 Å². The lowest BCUT2D eigenvalue weighted by atomic mass is 9.92. The number of aliphatic hydroxyl groups is 1. The van der Waals surface area contributed by atoms with E-state index in [-0.39, 0.29) is 18.1 Å². The molecule has 1 saturated carbocycles. The summed E-state index contributed by atoms with van der Waals surface area (Å²) in [5.41, 5.74) is 0. The van der Waals surface area contributed by atoms with E-state index in [9.17, 15) is 9.90 Å². The molecule has 0 aromatic rings. The summed E-state index contributed by atoms with van der Waals surface area (Å²) in [6, 6.07) is 0.200. The Morgan fingerprint density at radius 2 is 2.17 bits per heavy atom. The topological polar surface area (TPSA) is 61.4 Å². The average molecular weight is 254 g/mol. The molecule has 2 fully saturated rings. The van der Waals surface area contributed by atoms with Crippen molar-refractivity contribution in [3.8, 4) is 0 Å². The smallest absolute Gasteiger partial charge is 0.220 e. The number of carbonyl (C=O) groups is 1. The zero-order valence-electron chi connectivity index (χ0n) is 11.2. The van der Waals surface area contributed by atoms with Gasteiger partial charge in [-0.15, -0.1) is 0 Å². The van der Waals surface area contributed by atoms with Crippen molar-refractivity contribution in [1.29, 1.82) is 0 Å². The molecule has 1 saturated heterocycles. The highest BCUT2D eigenvalue weighted by atomic mass is 16.3. The number of hydrogen-bond acceptors (Lipinski definition) is 3. The maximum Gasteiger partial charge on any atom is 0.220 e. The van der Waals surface area contributed by atoms with E-state index in [2.05, 4.69) is 10.6 Å². The molecule has 3 unspecified atom stereocenters. The van der Waals surface area contributed by atoms with Gasteiger partial charge in [0.05, 0.1) is 6.10 Å². The number of hydrogen-bond donors (Lipinski definition) is 3. The van der Waals surface area contributed by atoms with Crippen LogP contribution in [0.5, 0.6) is 0 Å². The minimum atomic E-state index is -0.216. The number of piperidine rings is 1. The predicted molar refractivity (Wildman–Crippen MR) is 71.2 cm³/mol. The molecule has 1 aliphatic carbocycles. The van der Waals surface area contributed by atoms with Crippen LogP contribution in [-0.2, 0) is 4.79 Å². The second-order valence-corrected chi connectivity index (χ2v) is 5.84. The van der Waals surface area contributed by atoms with Gasteiger partial charge in [0.2, 0.25) is 5.91 Å². The highest BCUT2D eigenvalue weighted by Gasteiger charge is 2.22. The Hall–Kier alpha value is -0.610. The van der Waals surface area contributed by atoms with Crippen LogP contribution in [0.1, 0.15) is 51.4 Å². The van der Waals surface area contributed by atoms with Gasteiger partial charge in [-0.1, -0.05) is 0 Å². The van der Waals surface area contributed by atoms with Gasteiger partial charge < -0.3 is 15.7 Å². The highest BCUT2D eigenvalue weighted by molar-refractivity contribution is 5.76. The normalized spacial score (nSPS) is 33.1. The number of aliphatic hydroxyl groups excluding tert-OH is 1. The van der Waals surface area contributed by atoms with Crippen LogP contribution in [0.4, 0.5) is 0 Å². The molecule has 0 aromatic heterocycles. The first-order valence-electron chi connectivity index (χ1n) is 7.42. The zero-order chi connectivity index (χ0) is 12.8. The zero-order valence-corrected chi connectivity index (χ0v) is 11.2.